The van der Waals surface area contributed by atoms with Gasteiger partial charge in [-0.1, -0.05) is 5.16 Å². The molecule has 0 aliphatic heterocycles. The van der Waals surface area contributed by atoms with Gasteiger partial charge in [0.05, 0.1) is 4.47 Å². The molecular formula is C11H10BrF3N4O2. The minimum absolute atomic E-state index is 0.248. The second kappa shape index (κ2) is 5.17. The molecule has 2 aromatic heterocycles. The van der Waals surface area contributed by atoms with Gasteiger partial charge in [-0.2, -0.15) is 18.3 Å². The fraction of sp³-hybridized carbons (Fsp3) is 0.364. The second-order valence-corrected chi connectivity index (χ2v) is 5.08. The van der Waals surface area contributed by atoms with E-state index in [0.717, 1.165) is 4.68 Å². The van der Waals surface area contributed by atoms with Crippen LogP contribution in [0.3, 0.4) is 0 Å². The fourth-order valence-corrected chi connectivity index (χ4v) is 2.50. The molecule has 6 nitrogen and oxygen atoms in total. The van der Waals surface area contributed by atoms with Crippen LogP contribution in [0.4, 0.5) is 18.9 Å². The predicted octanol–water partition coefficient (Wildman–Crippen LogP) is 3.06. The quantitative estimate of drug-likeness (QED) is 0.886. The van der Waals surface area contributed by atoms with Gasteiger partial charge in [-0.3, -0.25) is 9.48 Å². The highest BCUT2D eigenvalue weighted by Crippen LogP contribution is 2.35. The molecule has 1 amide bonds. The van der Waals surface area contributed by atoms with Crippen LogP contribution in [0.5, 0.6) is 0 Å². The average molecular weight is 367 g/mol. The van der Waals surface area contributed by atoms with E-state index < -0.39 is 22.3 Å². The zero-order valence-corrected chi connectivity index (χ0v) is 12.8. The van der Waals surface area contributed by atoms with Gasteiger partial charge in [0.2, 0.25) is 0 Å². The average Bonchev–Trinajstić information content (AvgIpc) is 2.82. The third-order valence-electron chi connectivity index (χ3n) is 2.74. The largest absolute Gasteiger partial charge is 0.436 e. The van der Waals surface area contributed by atoms with Crippen molar-refractivity contribution in [2.45, 2.75) is 20.0 Å². The van der Waals surface area contributed by atoms with E-state index >= 15 is 0 Å². The molecule has 0 aliphatic rings. The van der Waals surface area contributed by atoms with Crippen LogP contribution < -0.4 is 5.32 Å². The summed E-state index contributed by atoms with van der Waals surface area (Å²) in [6.45, 7) is 3.18. The first-order valence-corrected chi connectivity index (χ1v) is 6.46. The molecule has 0 bridgehead atoms. The molecule has 0 unspecified atom stereocenters. The van der Waals surface area contributed by atoms with Crippen LogP contribution in [-0.4, -0.2) is 20.8 Å². The molecule has 2 heterocycles. The van der Waals surface area contributed by atoms with E-state index in [-0.39, 0.29) is 5.69 Å². The van der Waals surface area contributed by atoms with Gasteiger partial charge in [-0.05, 0) is 29.8 Å². The maximum absolute atomic E-state index is 12.7. The maximum Gasteiger partial charge on any atom is 0.436 e. The van der Waals surface area contributed by atoms with Crippen molar-refractivity contribution >= 4 is 27.5 Å². The molecule has 2 rings (SSSR count). The Morgan fingerprint density at radius 3 is 2.43 bits per heavy atom. The molecule has 0 fully saturated rings. The number of aromatic nitrogens is 3. The van der Waals surface area contributed by atoms with E-state index in [1.807, 2.05) is 0 Å². The van der Waals surface area contributed by atoms with Crippen LogP contribution in [0.15, 0.2) is 9.00 Å². The van der Waals surface area contributed by atoms with Crippen LogP contribution in [0.2, 0.25) is 0 Å². The van der Waals surface area contributed by atoms with Crippen molar-refractivity contribution in [1.29, 1.82) is 0 Å². The number of amides is 1. The number of aryl methyl sites for hydroxylation is 3. The third kappa shape index (κ3) is 2.80. The Kier molecular flexibility index (Phi) is 3.83. The summed E-state index contributed by atoms with van der Waals surface area (Å²) in [6.07, 6.45) is -4.65. The van der Waals surface area contributed by atoms with Crippen LogP contribution >= 0.6 is 15.9 Å². The van der Waals surface area contributed by atoms with Crippen molar-refractivity contribution in [3.05, 3.63) is 27.3 Å². The molecule has 0 atom stereocenters. The molecule has 0 radical (unpaired) electrons. The van der Waals surface area contributed by atoms with E-state index in [1.165, 1.54) is 7.05 Å². The van der Waals surface area contributed by atoms with Crippen molar-refractivity contribution in [3.63, 3.8) is 0 Å². The highest BCUT2D eigenvalue weighted by molar-refractivity contribution is 9.10. The minimum Gasteiger partial charge on any atom is -0.359 e. The van der Waals surface area contributed by atoms with Gasteiger partial charge in [0.1, 0.15) is 17.1 Å². The minimum atomic E-state index is -4.65. The lowest BCUT2D eigenvalue weighted by Crippen LogP contribution is -2.17. The summed E-state index contributed by atoms with van der Waals surface area (Å²) in [5, 5.41) is 9.44. The SMILES string of the molecule is Cc1noc(C)c1NC(=O)c1c(Br)c(C(F)(F)F)nn1C. The Morgan fingerprint density at radius 2 is 2.00 bits per heavy atom. The first-order chi connectivity index (χ1) is 9.62. The van der Waals surface area contributed by atoms with Gasteiger partial charge < -0.3 is 9.84 Å². The van der Waals surface area contributed by atoms with Gasteiger partial charge in [0.25, 0.3) is 5.91 Å². The van der Waals surface area contributed by atoms with E-state index in [9.17, 15) is 18.0 Å². The Balaban J connectivity index is 2.39. The first-order valence-electron chi connectivity index (χ1n) is 5.66. The highest BCUT2D eigenvalue weighted by atomic mass is 79.9. The number of rotatable bonds is 2. The fourth-order valence-electron chi connectivity index (χ4n) is 1.76. The number of anilines is 1. The van der Waals surface area contributed by atoms with Crippen molar-refractivity contribution in [2.75, 3.05) is 5.32 Å². The molecular weight excluding hydrogens is 357 g/mol. The summed E-state index contributed by atoms with van der Waals surface area (Å²) in [7, 11) is 1.25. The predicted molar refractivity (Wildman–Crippen MR) is 69.8 cm³/mol. The molecule has 0 saturated heterocycles. The van der Waals surface area contributed by atoms with Gasteiger partial charge in [-0.25, -0.2) is 0 Å². The number of carbonyl (C=O) groups is 1. The molecule has 114 valence electrons. The van der Waals surface area contributed by atoms with Crippen molar-refractivity contribution in [2.24, 2.45) is 7.05 Å². The number of halogens is 4. The normalized spacial score (nSPS) is 11.8. The standard InChI is InChI=1S/C11H10BrF3N4O2/c1-4-7(5(2)21-18-4)16-10(20)8-6(12)9(11(13,14)15)17-19(8)3/h1-3H3,(H,16,20). The summed E-state index contributed by atoms with van der Waals surface area (Å²) < 4.78 is 43.6. The second-order valence-electron chi connectivity index (χ2n) is 4.29. The molecule has 0 aromatic carbocycles. The van der Waals surface area contributed by atoms with E-state index in [4.69, 9.17) is 4.52 Å². The lowest BCUT2D eigenvalue weighted by atomic mass is 10.3. The van der Waals surface area contributed by atoms with Crippen LogP contribution in [0.1, 0.15) is 27.6 Å². The number of hydrogen-bond acceptors (Lipinski definition) is 4. The molecule has 2 aromatic rings. The van der Waals surface area contributed by atoms with Gasteiger partial charge >= 0.3 is 6.18 Å². The van der Waals surface area contributed by atoms with Crippen molar-refractivity contribution < 1.29 is 22.5 Å². The molecule has 10 heteroatoms. The van der Waals surface area contributed by atoms with Crippen LogP contribution in [0.25, 0.3) is 0 Å². The van der Waals surface area contributed by atoms with Gasteiger partial charge in [0.15, 0.2) is 11.5 Å². The number of alkyl halides is 3. The Bertz CT molecular complexity index is 686. The summed E-state index contributed by atoms with van der Waals surface area (Å²) in [4.78, 5) is 12.2. The Morgan fingerprint density at radius 1 is 1.38 bits per heavy atom. The number of hydrogen-bond donors (Lipinski definition) is 1. The van der Waals surface area contributed by atoms with Gasteiger partial charge in [-0.15, -0.1) is 0 Å². The summed E-state index contributed by atoms with van der Waals surface area (Å²) >= 11 is 2.78. The molecule has 0 aliphatic carbocycles. The number of carbonyl (C=O) groups excluding carboxylic acids is 1. The number of nitrogens with zero attached hydrogens (tertiary/aromatic N) is 3. The monoisotopic (exact) mass is 366 g/mol. The van der Waals surface area contributed by atoms with Gasteiger partial charge in [0, 0.05) is 7.05 Å². The zero-order valence-electron chi connectivity index (χ0n) is 11.2. The lowest BCUT2D eigenvalue weighted by molar-refractivity contribution is -0.142. The molecule has 1 N–H and O–H groups in total. The van der Waals surface area contributed by atoms with Crippen LogP contribution in [-0.2, 0) is 13.2 Å². The van der Waals surface area contributed by atoms with E-state index in [1.54, 1.807) is 13.8 Å². The zero-order chi connectivity index (χ0) is 15.9. The van der Waals surface area contributed by atoms with Crippen molar-refractivity contribution in [3.8, 4) is 0 Å². The Hall–Kier alpha value is -1.84. The van der Waals surface area contributed by atoms with E-state index in [2.05, 4.69) is 31.5 Å². The maximum atomic E-state index is 12.7. The third-order valence-corrected chi connectivity index (χ3v) is 3.50. The van der Waals surface area contributed by atoms with Crippen molar-refractivity contribution in [1.82, 2.24) is 14.9 Å². The smallest absolute Gasteiger partial charge is 0.359 e. The topological polar surface area (TPSA) is 73.0 Å². The summed E-state index contributed by atoms with van der Waals surface area (Å²) in [5.74, 6) is -0.392. The van der Waals surface area contributed by atoms with E-state index in [0.29, 0.717) is 17.1 Å². The molecule has 21 heavy (non-hydrogen) atoms. The highest BCUT2D eigenvalue weighted by Gasteiger charge is 2.39. The first kappa shape index (κ1) is 15.5. The summed E-state index contributed by atoms with van der Waals surface area (Å²) in [6, 6.07) is 0. The number of nitrogens with one attached hydrogen (secondary N) is 1. The summed E-state index contributed by atoms with van der Waals surface area (Å²) in [5.41, 5.74) is -0.659. The molecule has 0 saturated carbocycles. The van der Waals surface area contributed by atoms with Crippen LogP contribution in [0, 0.1) is 13.8 Å². The Labute approximate surface area is 125 Å². The molecule has 0 spiro atoms. The lowest BCUT2D eigenvalue weighted by Gasteiger charge is -2.05.